The van der Waals surface area contributed by atoms with E-state index in [1.807, 2.05) is 29.8 Å². The summed E-state index contributed by atoms with van der Waals surface area (Å²) >= 11 is 1.52. The largest absolute Gasteiger partial charge is 0.494 e. The van der Waals surface area contributed by atoms with Gasteiger partial charge in [0.1, 0.15) is 11.4 Å². The molecule has 0 spiro atoms. The molecule has 1 atom stereocenters. The molecule has 1 aromatic carbocycles. The van der Waals surface area contributed by atoms with E-state index in [1.54, 1.807) is 25.1 Å². The van der Waals surface area contributed by atoms with Gasteiger partial charge in [-0.25, -0.2) is 0 Å². The molecule has 0 radical (unpaired) electrons. The monoisotopic (exact) mass is 305 g/mol. The fourth-order valence-corrected chi connectivity index (χ4v) is 2.70. The van der Waals surface area contributed by atoms with Gasteiger partial charge in [0.2, 0.25) is 0 Å². The Morgan fingerprint density at radius 2 is 2.24 bits per heavy atom. The SMILES string of the molecule is CCOc1cccc(C(=O)NCC(C)(O)c2ccsc2)c1. The molecule has 2 aromatic rings. The van der Waals surface area contributed by atoms with Crippen LogP contribution in [0.15, 0.2) is 41.1 Å². The third kappa shape index (κ3) is 4.06. The van der Waals surface area contributed by atoms with Crippen molar-refractivity contribution in [3.63, 3.8) is 0 Å². The van der Waals surface area contributed by atoms with E-state index in [4.69, 9.17) is 4.74 Å². The zero-order valence-electron chi connectivity index (χ0n) is 12.1. The summed E-state index contributed by atoms with van der Waals surface area (Å²) in [5.74, 6) is 0.432. The minimum absolute atomic E-state index is 0.154. The van der Waals surface area contributed by atoms with Crippen LogP contribution < -0.4 is 10.1 Å². The predicted octanol–water partition coefficient (Wildman–Crippen LogP) is 2.78. The molecule has 1 amide bonds. The first-order chi connectivity index (χ1) is 10.0. The van der Waals surface area contributed by atoms with Gasteiger partial charge in [-0.3, -0.25) is 4.79 Å². The second kappa shape index (κ2) is 6.74. The second-order valence-corrected chi connectivity index (χ2v) is 5.71. The van der Waals surface area contributed by atoms with Gasteiger partial charge in [-0.15, -0.1) is 0 Å². The minimum atomic E-state index is -1.08. The number of nitrogens with one attached hydrogen (secondary N) is 1. The van der Waals surface area contributed by atoms with E-state index in [2.05, 4.69) is 5.32 Å². The van der Waals surface area contributed by atoms with Gasteiger partial charge in [-0.05, 0) is 54.4 Å². The lowest BCUT2D eigenvalue weighted by molar-refractivity contribution is 0.0530. The van der Waals surface area contributed by atoms with Crippen molar-refractivity contribution >= 4 is 17.2 Å². The molecule has 0 bridgehead atoms. The molecule has 2 N–H and O–H groups in total. The zero-order chi connectivity index (χ0) is 15.3. The van der Waals surface area contributed by atoms with Crippen molar-refractivity contribution in [3.05, 3.63) is 52.2 Å². The summed E-state index contributed by atoms with van der Waals surface area (Å²) in [4.78, 5) is 12.1. The van der Waals surface area contributed by atoms with Gasteiger partial charge in [-0.1, -0.05) is 6.07 Å². The van der Waals surface area contributed by atoms with Crippen LogP contribution in [0.2, 0.25) is 0 Å². The van der Waals surface area contributed by atoms with E-state index in [0.717, 1.165) is 5.56 Å². The van der Waals surface area contributed by atoms with E-state index < -0.39 is 5.60 Å². The van der Waals surface area contributed by atoms with Crippen molar-refractivity contribution in [2.45, 2.75) is 19.4 Å². The van der Waals surface area contributed by atoms with Crippen molar-refractivity contribution in [3.8, 4) is 5.75 Å². The number of thiophene rings is 1. The minimum Gasteiger partial charge on any atom is -0.494 e. The highest BCUT2D eigenvalue weighted by molar-refractivity contribution is 7.08. The Balaban J connectivity index is 2.00. The molecule has 0 saturated heterocycles. The van der Waals surface area contributed by atoms with Gasteiger partial charge in [-0.2, -0.15) is 11.3 Å². The highest BCUT2D eigenvalue weighted by atomic mass is 32.1. The Morgan fingerprint density at radius 1 is 1.43 bits per heavy atom. The number of carbonyl (C=O) groups excluding carboxylic acids is 1. The van der Waals surface area contributed by atoms with Crippen LogP contribution in [-0.2, 0) is 5.60 Å². The third-order valence-corrected chi connectivity index (χ3v) is 3.83. The van der Waals surface area contributed by atoms with E-state index >= 15 is 0 Å². The number of aliphatic hydroxyl groups is 1. The van der Waals surface area contributed by atoms with Gasteiger partial charge in [0.15, 0.2) is 0 Å². The predicted molar refractivity (Wildman–Crippen MR) is 83.8 cm³/mol. The number of amides is 1. The highest BCUT2D eigenvalue weighted by Gasteiger charge is 2.24. The van der Waals surface area contributed by atoms with Gasteiger partial charge in [0.05, 0.1) is 13.2 Å². The number of rotatable bonds is 6. The van der Waals surface area contributed by atoms with Crippen molar-refractivity contribution < 1.29 is 14.6 Å². The third-order valence-electron chi connectivity index (χ3n) is 3.14. The number of hydrogen-bond acceptors (Lipinski definition) is 4. The van der Waals surface area contributed by atoms with Gasteiger partial charge in [0.25, 0.3) is 5.91 Å². The van der Waals surface area contributed by atoms with Crippen LogP contribution in [0.4, 0.5) is 0 Å². The summed E-state index contributed by atoms with van der Waals surface area (Å²) in [5.41, 5.74) is 0.241. The standard InChI is InChI=1S/C16H19NO3S/c1-3-20-14-6-4-5-12(9-14)15(18)17-11-16(2,19)13-7-8-21-10-13/h4-10,19H,3,11H2,1-2H3,(H,17,18). The number of carbonyl (C=O) groups is 1. The molecular formula is C16H19NO3S. The molecule has 1 unspecified atom stereocenters. The lowest BCUT2D eigenvalue weighted by Gasteiger charge is -2.22. The summed E-state index contributed by atoms with van der Waals surface area (Å²) in [6.45, 7) is 4.29. The topological polar surface area (TPSA) is 58.6 Å². The number of ether oxygens (including phenoxy) is 1. The van der Waals surface area contributed by atoms with E-state index in [0.29, 0.717) is 17.9 Å². The molecule has 0 aliphatic rings. The molecule has 0 aliphatic carbocycles. The van der Waals surface area contributed by atoms with E-state index in [9.17, 15) is 9.90 Å². The van der Waals surface area contributed by atoms with Crippen molar-refractivity contribution in [1.29, 1.82) is 0 Å². The summed E-state index contributed by atoms with van der Waals surface area (Å²) in [6.07, 6.45) is 0. The summed E-state index contributed by atoms with van der Waals surface area (Å²) in [6, 6.07) is 8.85. The van der Waals surface area contributed by atoms with Crippen LogP contribution in [0.1, 0.15) is 29.8 Å². The van der Waals surface area contributed by atoms with Crippen LogP contribution in [0.3, 0.4) is 0 Å². The first kappa shape index (κ1) is 15.5. The van der Waals surface area contributed by atoms with Gasteiger partial charge in [0, 0.05) is 5.56 Å². The summed E-state index contributed by atoms with van der Waals surface area (Å²) in [5, 5.41) is 16.9. The first-order valence-electron chi connectivity index (χ1n) is 6.79. The van der Waals surface area contributed by atoms with Crippen LogP contribution in [0.5, 0.6) is 5.75 Å². The smallest absolute Gasteiger partial charge is 0.251 e. The maximum Gasteiger partial charge on any atom is 0.251 e. The van der Waals surface area contributed by atoms with Crippen LogP contribution >= 0.6 is 11.3 Å². The molecule has 4 nitrogen and oxygen atoms in total. The molecule has 0 aliphatic heterocycles. The Morgan fingerprint density at radius 3 is 2.90 bits per heavy atom. The first-order valence-corrected chi connectivity index (χ1v) is 7.73. The van der Waals surface area contributed by atoms with Gasteiger partial charge < -0.3 is 15.2 Å². The van der Waals surface area contributed by atoms with Crippen LogP contribution in [0.25, 0.3) is 0 Å². The summed E-state index contributed by atoms with van der Waals surface area (Å²) < 4.78 is 5.37. The van der Waals surface area contributed by atoms with Crippen molar-refractivity contribution in [2.24, 2.45) is 0 Å². The number of hydrogen-bond donors (Lipinski definition) is 2. The van der Waals surface area contributed by atoms with E-state index in [1.165, 1.54) is 11.3 Å². The molecule has 1 heterocycles. The fourth-order valence-electron chi connectivity index (χ4n) is 1.92. The Kier molecular flexibility index (Phi) is 4.98. The average molecular weight is 305 g/mol. The zero-order valence-corrected chi connectivity index (χ0v) is 12.9. The highest BCUT2D eigenvalue weighted by Crippen LogP contribution is 2.22. The molecule has 1 aromatic heterocycles. The maximum absolute atomic E-state index is 12.1. The Hall–Kier alpha value is -1.85. The van der Waals surface area contributed by atoms with Crippen molar-refractivity contribution in [2.75, 3.05) is 13.2 Å². The maximum atomic E-state index is 12.1. The quantitative estimate of drug-likeness (QED) is 0.863. The molecule has 21 heavy (non-hydrogen) atoms. The Labute approximate surface area is 128 Å². The Bertz CT molecular complexity index is 593. The second-order valence-electron chi connectivity index (χ2n) is 4.93. The molecule has 5 heteroatoms. The lowest BCUT2D eigenvalue weighted by Crippen LogP contribution is -2.38. The fraction of sp³-hybridized carbons (Fsp3) is 0.312. The average Bonchev–Trinajstić information content (AvgIpc) is 3.00. The molecule has 0 saturated carbocycles. The normalized spacial score (nSPS) is 13.5. The van der Waals surface area contributed by atoms with Crippen LogP contribution in [-0.4, -0.2) is 24.2 Å². The number of benzene rings is 1. The molecule has 2 rings (SSSR count). The van der Waals surface area contributed by atoms with E-state index in [-0.39, 0.29) is 12.5 Å². The van der Waals surface area contributed by atoms with Crippen molar-refractivity contribution in [1.82, 2.24) is 5.32 Å². The molecule has 0 fully saturated rings. The lowest BCUT2D eigenvalue weighted by atomic mass is 9.99. The van der Waals surface area contributed by atoms with Gasteiger partial charge >= 0.3 is 0 Å². The molecule has 112 valence electrons. The molecular weight excluding hydrogens is 286 g/mol. The summed E-state index contributed by atoms with van der Waals surface area (Å²) in [7, 11) is 0. The van der Waals surface area contributed by atoms with Crippen LogP contribution in [0, 0.1) is 0 Å².